The summed E-state index contributed by atoms with van der Waals surface area (Å²) in [5, 5.41) is 22.5. The zero-order valence-corrected chi connectivity index (χ0v) is 14.3. The van der Waals surface area contributed by atoms with Crippen LogP contribution in [0.25, 0.3) is 0 Å². The van der Waals surface area contributed by atoms with Crippen molar-refractivity contribution in [3.63, 3.8) is 0 Å². The Hall–Kier alpha value is -1.67. The molecule has 0 bridgehead atoms. The summed E-state index contributed by atoms with van der Waals surface area (Å²) in [4.78, 5) is 4.69. The Morgan fingerprint density at radius 2 is 2.00 bits per heavy atom. The van der Waals surface area contributed by atoms with Gasteiger partial charge in [-0.25, -0.2) is 9.99 Å². The van der Waals surface area contributed by atoms with Crippen LogP contribution in [0.3, 0.4) is 0 Å². The fraction of sp³-hybridized carbons (Fsp3) is 0.438. The average Bonchev–Trinajstić information content (AvgIpc) is 2.82. The first-order valence-corrected chi connectivity index (χ1v) is 8.75. The fourth-order valence-corrected chi connectivity index (χ4v) is 4.17. The zero-order chi connectivity index (χ0) is 16.0. The van der Waals surface area contributed by atoms with Crippen molar-refractivity contribution in [2.75, 3.05) is 43.6 Å². The van der Waals surface area contributed by atoms with E-state index in [1.807, 2.05) is 13.0 Å². The second kappa shape index (κ2) is 5.45. The number of piperazine rings is 1. The van der Waals surface area contributed by atoms with Gasteiger partial charge in [0.15, 0.2) is 0 Å². The van der Waals surface area contributed by atoms with Crippen molar-refractivity contribution in [2.45, 2.75) is 13.5 Å². The van der Waals surface area contributed by atoms with Crippen LogP contribution >= 0.6 is 11.3 Å². The predicted molar refractivity (Wildman–Crippen MR) is 93.6 cm³/mol. The summed E-state index contributed by atoms with van der Waals surface area (Å²) in [5.74, 6) is 0. The third kappa shape index (κ3) is 2.70. The number of hydroxylamine groups is 3. The molecule has 0 spiro atoms. The van der Waals surface area contributed by atoms with Gasteiger partial charge in [0.2, 0.25) is 0 Å². The first kappa shape index (κ1) is 14.9. The van der Waals surface area contributed by atoms with Crippen molar-refractivity contribution < 1.29 is 4.65 Å². The number of benzene rings is 1. The van der Waals surface area contributed by atoms with Gasteiger partial charge in [-0.15, -0.1) is 0 Å². The number of fused-ring (bicyclic) bond motifs is 2. The quantitative estimate of drug-likeness (QED) is 0.643. The highest BCUT2D eigenvalue weighted by atomic mass is 32.1. The molecule has 1 saturated heterocycles. The number of hydrogen-bond donors (Lipinski definition) is 1. The Morgan fingerprint density at radius 3 is 2.78 bits per heavy atom. The summed E-state index contributed by atoms with van der Waals surface area (Å²) in [6, 6.07) is 8.34. The summed E-state index contributed by atoms with van der Waals surface area (Å²) in [6.07, 6.45) is 0. The molecule has 0 saturated carbocycles. The summed E-state index contributed by atoms with van der Waals surface area (Å²) >= 11 is 1.72. The molecule has 1 aromatic heterocycles. The molecule has 0 radical (unpaired) electrons. The van der Waals surface area contributed by atoms with Crippen LogP contribution in [0.1, 0.15) is 10.7 Å². The summed E-state index contributed by atoms with van der Waals surface area (Å²) in [6.45, 7) is 5.51. The third-order valence-corrected chi connectivity index (χ3v) is 5.49. The topological polar surface area (TPSA) is 54.5 Å². The van der Waals surface area contributed by atoms with Crippen molar-refractivity contribution in [3.8, 4) is 0 Å². The maximum Gasteiger partial charge on any atom is 0.136 e. The van der Waals surface area contributed by atoms with E-state index in [4.69, 9.17) is 0 Å². The van der Waals surface area contributed by atoms with Crippen LogP contribution in [0, 0.1) is 12.1 Å². The molecule has 2 aromatic rings. The average molecular weight is 331 g/mol. The lowest BCUT2D eigenvalue weighted by atomic mass is 10.2. The van der Waals surface area contributed by atoms with E-state index in [2.05, 4.69) is 38.5 Å². The van der Waals surface area contributed by atoms with Gasteiger partial charge in [0.1, 0.15) is 5.00 Å². The van der Waals surface area contributed by atoms with E-state index in [1.165, 1.54) is 5.00 Å². The fourth-order valence-electron chi connectivity index (χ4n) is 3.19. The summed E-state index contributed by atoms with van der Waals surface area (Å²) in [7, 11) is 1.76. The first-order valence-electron chi connectivity index (χ1n) is 7.93. The van der Waals surface area contributed by atoms with Gasteiger partial charge in [-0.1, -0.05) is 23.5 Å². The molecule has 7 heteroatoms. The van der Waals surface area contributed by atoms with E-state index in [1.54, 1.807) is 18.4 Å². The van der Waals surface area contributed by atoms with E-state index in [-0.39, 0.29) is 4.65 Å². The zero-order valence-electron chi connectivity index (χ0n) is 13.5. The standard InChI is InChI=1S/C16H21N5OS/c1-12-18-14-11-17-13-5-3-4-6-15(13)20(16(14)23-12)19-7-9-21(2,22)10-8-19/h3-6,17H,7-11H2,1-2H3. The smallest absolute Gasteiger partial charge is 0.136 e. The second-order valence-corrected chi connectivity index (χ2v) is 7.55. The Morgan fingerprint density at radius 1 is 1.26 bits per heavy atom. The lowest BCUT2D eigenvalue weighted by molar-refractivity contribution is -0.865. The minimum atomic E-state index is -0.154. The molecular formula is C16H21N5OS. The molecular weight excluding hydrogens is 310 g/mol. The highest BCUT2D eigenvalue weighted by Crippen LogP contribution is 2.42. The largest absolute Gasteiger partial charge is 0.633 e. The van der Waals surface area contributed by atoms with Crippen molar-refractivity contribution >= 4 is 27.7 Å². The molecule has 2 aliphatic heterocycles. The highest BCUT2D eigenvalue weighted by molar-refractivity contribution is 7.15. The van der Waals surface area contributed by atoms with Crippen LogP contribution in [0.15, 0.2) is 24.3 Å². The monoisotopic (exact) mass is 331 g/mol. The number of anilines is 3. The SMILES string of the molecule is Cc1nc2c(s1)N(N1CC[N+](C)([O-])CC1)c1ccccc1NC2. The van der Waals surface area contributed by atoms with Gasteiger partial charge in [-0.2, -0.15) is 0 Å². The van der Waals surface area contributed by atoms with E-state index in [9.17, 15) is 5.21 Å². The normalized spacial score (nSPS) is 20.4. The predicted octanol–water partition coefficient (Wildman–Crippen LogP) is 2.69. The molecule has 1 aromatic carbocycles. The van der Waals surface area contributed by atoms with Gasteiger partial charge in [0, 0.05) is 0 Å². The number of quaternary nitrogens is 1. The van der Waals surface area contributed by atoms with Gasteiger partial charge in [-0.3, -0.25) is 5.01 Å². The number of para-hydroxylation sites is 2. The van der Waals surface area contributed by atoms with E-state index < -0.39 is 0 Å². The molecule has 1 fully saturated rings. The Bertz CT molecular complexity index is 719. The van der Waals surface area contributed by atoms with Crippen LogP contribution in [0.4, 0.5) is 16.4 Å². The van der Waals surface area contributed by atoms with E-state index >= 15 is 0 Å². The molecule has 0 unspecified atom stereocenters. The lowest BCUT2D eigenvalue weighted by Gasteiger charge is -2.48. The number of likely N-dealkylation sites (N-methyl/N-ethyl adjacent to an activating group) is 1. The highest BCUT2D eigenvalue weighted by Gasteiger charge is 2.32. The first-order chi connectivity index (χ1) is 11.0. The molecule has 4 rings (SSSR count). The Balaban J connectivity index is 1.77. The Kier molecular flexibility index (Phi) is 3.53. The van der Waals surface area contributed by atoms with Crippen LogP contribution < -0.4 is 10.3 Å². The molecule has 6 nitrogen and oxygen atoms in total. The maximum atomic E-state index is 12.2. The molecule has 0 aliphatic carbocycles. The number of hydrogen-bond acceptors (Lipinski definition) is 6. The molecule has 2 aliphatic rings. The number of hydrazine groups is 1. The van der Waals surface area contributed by atoms with Gasteiger partial charge >= 0.3 is 0 Å². The van der Waals surface area contributed by atoms with Crippen molar-refractivity contribution in [3.05, 3.63) is 40.2 Å². The molecule has 122 valence electrons. The van der Waals surface area contributed by atoms with E-state index in [0.29, 0.717) is 13.1 Å². The molecule has 0 atom stereocenters. The van der Waals surface area contributed by atoms with E-state index in [0.717, 1.165) is 41.7 Å². The van der Waals surface area contributed by atoms with Crippen molar-refractivity contribution in [1.29, 1.82) is 0 Å². The van der Waals surface area contributed by atoms with Gasteiger partial charge in [-0.05, 0) is 19.1 Å². The number of aromatic nitrogens is 1. The van der Waals surface area contributed by atoms with Gasteiger partial charge in [0.25, 0.3) is 0 Å². The third-order valence-electron chi connectivity index (χ3n) is 4.50. The minimum Gasteiger partial charge on any atom is -0.633 e. The van der Waals surface area contributed by atoms with Gasteiger partial charge < -0.3 is 15.2 Å². The van der Waals surface area contributed by atoms with Crippen molar-refractivity contribution in [1.82, 2.24) is 9.99 Å². The maximum absolute atomic E-state index is 12.2. The number of thiazole rings is 1. The number of rotatable bonds is 1. The number of nitrogens with zero attached hydrogens (tertiary/aromatic N) is 4. The summed E-state index contributed by atoms with van der Waals surface area (Å²) < 4.78 is -0.154. The lowest BCUT2D eigenvalue weighted by Crippen LogP contribution is -2.57. The molecule has 1 N–H and O–H groups in total. The van der Waals surface area contributed by atoms with Gasteiger partial charge in [0.05, 0.1) is 61.8 Å². The molecule has 3 heterocycles. The Labute approximate surface area is 140 Å². The number of aryl methyl sites for hydroxylation is 1. The summed E-state index contributed by atoms with van der Waals surface area (Å²) in [5.41, 5.74) is 3.32. The number of nitrogens with one attached hydrogen (secondary N) is 1. The molecule has 0 amide bonds. The van der Waals surface area contributed by atoms with Crippen LogP contribution in [-0.2, 0) is 6.54 Å². The van der Waals surface area contributed by atoms with Crippen molar-refractivity contribution in [2.24, 2.45) is 0 Å². The second-order valence-electron chi connectivity index (χ2n) is 6.36. The van der Waals surface area contributed by atoms with Crippen LogP contribution in [-0.4, -0.2) is 47.9 Å². The van der Waals surface area contributed by atoms with Crippen LogP contribution in [0.5, 0.6) is 0 Å². The minimum absolute atomic E-state index is 0.154. The van der Waals surface area contributed by atoms with Crippen LogP contribution in [0.2, 0.25) is 0 Å². The molecule has 23 heavy (non-hydrogen) atoms.